The Morgan fingerprint density at radius 1 is 1.09 bits per heavy atom. The van der Waals surface area contributed by atoms with Crippen molar-refractivity contribution in [2.45, 2.75) is 10.3 Å². The number of hydrogen-bond donors (Lipinski definition) is 0. The fourth-order valence-corrected chi connectivity index (χ4v) is 5.88. The molecule has 3 heterocycles. The molecule has 8 heteroatoms. The fourth-order valence-electron chi connectivity index (χ4n) is 2.51. The Balaban J connectivity index is 1.69. The van der Waals surface area contributed by atoms with E-state index in [4.69, 9.17) is 0 Å². The van der Waals surface area contributed by atoms with Gasteiger partial charge in [-0.25, -0.2) is 8.42 Å². The second kappa shape index (κ2) is 6.48. The van der Waals surface area contributed by atoms with Crippen LogP contribution in [0.4, 0.5) is 0 Å². The van der Waals surface area contributed by atoms with Crippen LogP contribution in [0, 0.1) is 11.3 Å². The van der Waals surface area contributed by atoms with E-state index in [9.17, 15) is 13.7 Å². The van der Waals surface area contributed by atoms with Crippen molar-refractivity contribution >= 4 is 32.7 Å². The van der Waals surface area contributed by atoms with Gasteiger partial charge in [-0.2, -0.15) is 9.57 Å². The van der Waals surface area contributed by atoms with E-state index in [1.165, 1.54) is 15.6 Å². The Morgan fingerprint density at radius 3 is 2.32 bits per heavy atom. The molecule has 1 unspecified atom stereocenters. The predicted octanol–water partition coefficient (Wildman–Crippen LogP) is 2.38. The minimum atomic E-state index is -3.38. The van der Waals surface area contributed by atoms with Crippen LogP contribution in [0.5, 0.6) is 0 Å². The number of sulfonamides is 1. The molecule has 5 nitrogen and oxygen atoms in total. The van der Waals surface area contributed by atoms with Crippen molar-refractivity contribution in [1.29, 1.82) is 5.26 Å². The first-order chi connectivity index (χ1) is 10.6. The molecule has 1 fully saturated rings. The van der Waals surface area contributed by atoms with Gasteiger partial charge in [0.15, 0.2) is 0 Å². The molecule has 0 saturated carbocycles. The van der Waals surface area contributed by atoms with E-state index in [1.807, 2.05) is 22.4 Å². The summed E-state index contributed by atoms with van der Waals surface area (Å²) in [6.45, 7) is 1.98. The maximum atomic E-state index is 12.5. The average molecular weight is 353 g/mol. The molecule has 0 spiro atoms. The largest absolute Gasteiger partial charge is 0.281 e. The van der Waals surface area contributed by atoms with Crippen molar-refractivity contribution in [3.8, 4) is 6.07 Å². The van der Waals surface area contributed by atoms with Gasteiger partial charge in [-0.05, 0) is 22.9 Å². The highest BCUT2D eigenvalue weighted by Crippen LogP contribution is 2.27. The summed E-state index contributed by atoms with van der Waals surface area (Å²) < 4.78 is 26.9. The molecule has 116 valence electrons. The van der Waals surface area contributed by atoms with Crippen LogP contribution in [0.25, 0.3) is 0 Å². The molecule has 1 aliphatic heterocycles. The van der Waals surface area contributed by atoms with Gasteiger partial charge in [-0.1, -0.05) is 12.1 Å². The van der Waals surface area contributed by atoms with E-state index in [0.29, 0.717) is 30.4 Å². The second-order valence-electron chi connectivity index (χ2n) is 4.92. The SMILES string of the molecule is N#CC(c1cccs1)N1CCN(S(=O)(=O)c2cccs2)CC1. The van der Waals surface area contributed by atoms with Gasteiger partial charge in [0.1, 0.15) is 10.3 Å². The first-order valence-electron chi connectivity index (χ1n) is 6.83. The lowest BCUT2D eigenvalue weighted by Gasteiger charge is -2.35. The molecule has 1 aliphatic rings. The van der Waals surface area contributed by atoms with E-state index in [2.05, 4.69) is 6.07 Å². The number of thiophene rings is 2. The van der Waals surface area contributed by atoms with E-state index >= 15 is 0 Å². The standard InChI is InChI=1S/C14H15N3O2S3/c15-11-12(13-3-1-9-20-13)16-5-7-17(8-6-16)22(18,19)14-4-2-10-21-14/h1-4,9-10,12H,5-8H2. The van der Waals surface area contributed by atoms with Crippen LogP contribution in [-0.4, -0.2) is 43.8 Å². The number of piperazine rings is 1. The van der Waals surface area contributed by atoms with Crippen LogP contribution in [0.15, 0.2) is 39.2 Å². The summed E-state index contributed by atoms with van der Waals surface area (Å²) in [5.74, 6) is 0. The topological polar surface area (TPSA) is 64.4 Å². The third kappa shape index (κ3) is 2.95. The summed E-state index contributed by atoms with van der Waals surface area (Å²) in [6, 6.07) is 9.31. The molecule has 3 rings (SSSR count). The summed E-state index contributed by atoms with van der Waals surface area (Å²) in [5.41, 5.74) is 0. The molecule has 2 aromatic heterocycles. The molecule has 1 atom stereocenters. The quantitative estimate of drug-likeness (QED) is 0.846. The van der Waals surface area contributed by atoms with Crippen LogP contribution < -0.4 is 0 Å². The van der Waals surface area contributed by atoms with Crippen molar-refractivity contribution in [3.63, 3.8) is 0 Å². The molecular formula is C14H15N3O2S3. The lowest BCUT2D eigenvalue weighted by molar-refractivity contribution is 0.164. The van der Waals surface area contributed by atoms with Crippen LogP contribution >= 0.6 is 22.7 Å². The average Bonchev–Trinajstić information content (AvgIpc) is 3.22. The van der Waals surface area contributed by atoms with E-state index < -0.39 is 10.0 Å². The molecule has 0 radical (unpaired) electrons. The van der Waals surface area contributed by atoms with Gasteiger partial charge in [0.05, 0.1) is 6.07 Å². The smallest absolute Gasteiger partial charge is 0.252 e. The zero-order valence-electron chi connectivity index (χ0n) is 11.8. The third-order valence-electron chi connectivity index (χ3n) is 3.66. The van der Waals surface area contributed by atoms with Crippen molar-refractivity contribution in [2.75, 3.05) is 26.2 Å². The van der Waals surface area contributed by atoms with Gasteiger partial charge in [-0.3, -0.25) is 4.90 Å². The number of rotatable bonds is 4. The zero-order valence-corrected chi connectivity index (χ0v) is 14.2. The molecule has 22 heavy (non-hydrogen) atoms. The Morgan fingerprint density at radius 2 is 1.77 bits per heavy atom. The Bertz CT molecular complexity index is 740. The number of nitrogens with zero attached hydrogens (tertiary/aromatic N) is 3. The Kier molecular flexibility index (Phi) is 4.61. The van der Waals surface area contributed by atoms with E-state index in [0.717, 1.165) is 4.88 Å². The zero-order chi connectivity index (χ0) is 15.6. The summed E-state index contributed by atoms with van der Waals surface area (Å²) in [5, 5.41) is 13.1. The Labute approximate surface area is 138 Å². The van der Waals surface area contributed by atoms with Gasteiger partial charge in [0.25, 0.3) is 10.0 Å². The fraction of sp³-hybridized carbons (Fsp3) is 0.357. The van der Waals surface area contributed by atoms with Gasteiger partial charge in [-0.15, -0.1) is 22.7 Å². The summed E-state index contributed by atoms with van der Waals surface area (Å²) in [7, 11) is -3.38. The van der Waals surface area contributed by atoms with Gasteiger partial charge in [0, 0.05) is 31.1 Å². The Hall–Kier alpha value is -1.24. The van der Waals surface area contributed by atoms with Gasteiger partial charge in [0.2, 0.25) is 0 Å². The minimum Gasteiger partial charge on any atom is -0.281 e. The number of hydrogen-bond acceptors (Lipinski definition) is 6. The number of nitriles is 1. The molecule has 0 amide bonds. The molecule has 0 bridgehead atoms. The first-order valence-corrected chi connectivity index (χ1v) is 10.0. The van der Waals surface area contributed by atoms with E-state index in [-0.39, 0.29) is 6.04 Å². The molecule has 2 aromatic rings. The lowest BCUT2D eigenvalue weighted by Crippen LogP contribution is -2.49. The van der Waals surface area contributed by atoms with Crippen molar-refractivity contribution in [3.05, 3.63) is 39.9 Å². The van der Waals surface area contributed by atoms with Gasteiger partial charge >= 0.3 is 0 Å². The summed E-state index contributed by atoms with van der Waals surface area (Å²) in [6.07, 6.45) is 0. The minimum absolute atomic E-state index is 0.286. The predicted molar refractivity (Wildman–Crippen MR) is 87.3 cm³/mol. The first kappa shape index (κ1) is 15.6. The molecule has 0 aromatic carbocycles. The second-order valence-corrected chi connectivity index (χ2v) is 9.01. The van der Waals surface area contributed by atoms with Crippen molar-refractivity contribution < 1.29 is 8.42 Å². The van der Waals surface area contributed by atoms with Crippen molar-refractivity contribution in [2.24, 2.45) is 0 Å². The highest BCUT2D eigenvalue weighted by Gasteiger charge is 2.32. The summed E-state index contributed by atoms with van der Waals surface area (Å²) >= 11 is 2.80. The highest BCUT2D eigenvalue weighted by atomic mass is 32.2. The molecule has 1 saturated heterocycles. The van der Waals surface area contributed by atoms with Crippen LogP contribution in [0.2, 0.25) is 0 Å². The monoisotopic (exact) mass is 353 g/mol. The van der Waals surface area contributed by atoms with E-state index in [1.54, 1.807) is 28.8 Å². The molecule has 0 N–H and O–H groups in total. The third-order valence-corrected chi connectivity index (χ3v) is 7.86. The normalized spacial score (nSPS) is 18.9. The van der Waals surface area contributed by atoms with Crippen LogP contribution in [-0.2, 0) is 10.0 Å². The van der Waals surface area contributed by atoms with Gasteiger partial charge < -0.3 is 0 Å². The highest BCUT2D eigenvalue weighted by molar-refractivity contribution is 7.91. The molecule has 0 aliphatic carbocycles. The summed E-state index contributed by atoms with van der Waals surface area (Å²) in [4.78, 5) is 3.06. The lowest BCUT2D eigenvalue weighted by atomic mass is 10.2. The maximum Gasteiger partial charge on any atom is 0.252 e. The molecular weight excluding hydrogens is 338 g/mol. The van der Waals surface area contributed by atoms with Crippen molar-refractivity contribution in [1.82, 2.24) is 9.21 Å². The van der Waals surface area contributed by atoms with Crippen LogP contribution in [0.1, 0.15) is 10.9 Å². The van der Waals surface area contributed by atoms with Crippen LogP contribution in [0.3, 0.4) is 0 Å². The maximum absolute atomic E-state index is 12.5.